The van der Waals surface area contributed by atoms with Gasteiger partial charge in [-0.2, -0.15) is 0 Å². The lowest BCUT2D eigenvalue weighted by Gasteiger charge is -2.09. The highest BCUT2D eigenvalue weighted by atomic mass is 79.9. The average molecular weight is 377 g/mol. The van der Waals surface area contributed by atoms with E-state index in [0.717, 1.165) is 15.7 Å². The van der Waals surface area contributed by atoms with Crippen molar-refractivity contribution in [3.8, 4) is 0 Å². The van der Waals surface area contributed by atoms with Crippen molar-refractivity contribution in [2.24, 2.45) is 0 Å². The van der Waals surface area contributed by atoms with Gasteiger partial charge in [-0.1, -0.05) is 22.0 Å². The number of carbonyl (C=O) groups excluding carboxylic acids is 2. The molecule has 2 aromatic rings. The molecule has 2 N–H and O–H groups in total. The first-order valence-corrected chi connectivity index (χ1v) is 7.77. The molecule has 0 heterocycles. The maximum Gasteiger partial charge on any atom is 0.337 e. The second-order valence-corrected chi connectivity index (χ2v) is 5.79. The number of ether oxygens (including phenoxy) is 1. The molecule has 5 nitrogen and oxygen atoms in total. The van der Waals surface area contributed by atoms with Crippen molar-refractivity contribution in [1.82, 2.24) is 0 Å². The van der Waals surface area contributed by atoms with Gasteiger partial charge in [0, 0.05) is 15.8 Å². The van der Waals surface area contributed by atoms with Crippen molar-refractivity contribution in [3.63, 3.8) is 0 Å². The molecule has 2 rings (SSSR count). The van der Waals surface area contributed by atoms with Gasteiger partial charge in [-0.05, 0) is 48.9 Å². The molecule has 1 amide bonds. The van der Waals surface area contributed by atoms with E-state index in [2.05, 4.69) is 31.3 Å². The van der Waals surface area contributed by atoms with E-state index in [4.69, 9.17) is 0 Å². The second-order valence-electron chi connectivity index (χ2n) is 4.94. The number of benzene rings is 2. The smallest absolute Gasteiger partial charge is 0.337 e. The number of anilines is 2. The monoisotopic (exact) mass is 376 g/mol. The zero-order chi connectivity index (χ0) is 16.8. The molecule has 0 radical (unpaired) electrons. The van der Waals surface area contributed by atoms with Crippen LogP contribution < -0.4 is 10.6 Å². The van der Waals surface area contributed by atoms with Crippen LogP contribution in [0.3, 0.4) is 0 Å². The van der Waals surface area contributed by atoms with Crippen molar-refractivity contribution in [2.75, 3.05) is 24.3 Å². The third kappa shape index (κ3) is 4.82. The van der Waals surface area contributed by atoms with Gasteiger partial charge in [0.05, 0.1) is 19.2 Å². The van der Waals surface area contributed by atoms with Crippen LogP contribution in [-0.4, -0.2) is 25.5 Å². The molecular weight excluding hydrogens is 360 g/mol. The summed E-state index contributed by atoms with van der Waals surface area (Å²) >= 11 is 3.42. The summed E-state index contributed by atoms with van der Waals surface area (Å²) in [5.74, 6) is -0.585. The van der Waals surface area contributed by atoms with Gasteiger partial charge in [0.2, 0.25) is 5.91 Å². The summed E-state index contributed by atoms with van der Waals surface area (Å²) in [5, 5.41) is 5.80. The number of nitrogens with one attached hydrogen (secondary N) is 2. The van der Waals surface area contributed by atoms with Crippen LogP contribution in [0.1, 0.15) is 15.9 Å². The summed E-state index contributed by atoms with van der Waals surface area (Å²) in [6.07, 6.45) is 0. The maximum absolute atomic E-state index is 12.0. The Bertz CT molecular complexity index is 732. The maximum atomic E-state index is 12.0. The van der Waals surface area contributed by atoms with E-state index < -0.39 is 5.97 Å². The number of hydrogen-bond donors (Lipinski definition) is 2. The first-order valence-electron chi connectivity index (χ1n) is 6.98. The quantitative estimate of drug-likeness (QED) is 0.782. The van der Waals surface area contributed by atoms with Crippen LogP contribution in [0.25, 0.3) is 0 Å². The molecule has 0 bridgehead atoms. The van der Waals surface area contributed by atoms with Crippen LogP contribution in [0.2, 0.25) is 0 Å². The number of halogens is 1. The topological polar surface area (TPSA) is 67.4 Å². The van der Waals surface area contributed by atoms with E-state index in [0.29, 0.717) is 11.3 Å². The minimum absolute atomic E-state index is 0.0970. The van der Waals surface area contributed by atoms with E-state index >= 15 is 0 Å². The predicted molar refractivity (Wildman–Crippen MR) is 93.8 cm³/mol. The fraction of sp³-hybridized carbons (Fsp3) is 0.176. The zero-order valence-corrected chi connectivity index (χ0v) is 14.4. The fourth-order valence-corrected chi connectivity index (χ4v) is 2.23. The highest BCUT2D eigenvalue weighted by Gasteiger charge is 2.07. The van der Waals surface area contributed by atoms with Gasteiger partial charge in [0.15, 0.2) is 0 Å². The minimum atomic E-state index is -0.413. The summed E-state index contributed by atoms with van der Waals surface area (Å²) in [6.45, 7) is 2.05. The van der Waals surface area contributed by atoms with Crippen LogP contribution in [0, 0.1) is 6.92 Å². The number of esters is 1. The highest BCUT2D eigenvalue weighted by Crippen LogP contribution is 2.20. The lowest BCUT2D eigenvalue weighted by Crippen LogP contribution is -2.21. The fourth-order valence-electron chi connectivity index (χ4n) is 1.98. The minimum Gasteiger partial charge on any atom is -0.465 e. The lowest BCUT2D eigenvalue weighted by molar-refractivity contribution is -0.114. The summed E-state index contributed by atoms with van der Waals surface area (Å²) in [7, 11) is 1.33. The first kappa shape index (κ1) is 17.0. The SMILES string of the molecule is COC(=O)c1cccc(NCC(=O)Nc2ccc(Br)c(C)c2)c1. The Morgan fingerprint density at radius 3 is 2.61 bits per heavy atom. The van der Waals surface area contributed by atoms with Crippen molar-refractivity contribution in [3.05, 3.63) is 58.1 Å². The second kappa shape index (κ2) is 7.78. The molecule has 120 valence electrons. The van der Waals surface area contributed by atoms with Crippen molar-refractivity contribution < 1.29 is 14.3 Å². The molecule has 0 atom stereocenters. The Balaban J connectivity index is 1.94. The number of aryl methyl sites for hydroxylation is 1. The number of carbonyl (C=O) groups is 2. The molecular formula is C17H17BrN2O3. The molecule has 0 saturated carbocycles. The summed E-state index contributed by atoms with van der Waals surface area (Å²) in [6, 6.07) is 12.4. The molecule has 0 fully saturated rings. The molecule has 6 heteroatoms. The van der Waals surface area contributed by atoms with Crippen LogP contribution in [0.5, 0.6) is 0 Å². The Kier molecular flexibility index (Phi) is 5.76. The molecule has 0 saturated heterocycles. The van der Waals surface area contributed by atoms with Crippen molar-refractivity contribution >= 4 is 39.2 Å². The zero-order valence-electron chi connectivity index (χ0n) is 12.9. The van der Waals surface area contributed by atoms with Gasteiger partial charge in [-0.3, -0.25) is 4.79 Å². The van der Waals surface area contributed by atoms with Crippen molar-refractivity contribution in [2.45, 2.75) is 6.92 Å². The molecule has 0 aliphatic carbocycles. The van der Waals surface area contributed by atoms with Crippen LogP contribution in [-0.2, 0) is 9.53 Å². The largest absolute Gasteiger partial charge is 0.465 e. The summed E-state index contributed by atoms with van der Waals surface area (Å²) < 4.78 is 5.66. The Labute approximate surface area is 143 Å². The molecule has 0 aromatic heterocycles. The Morgan fingerprint density at radius 2 is 1.91 bits per heavy atom. The molecule has 23 heavy (non-hydrogen) atoms. The first-order chi connectivity index (χ1) is 11.0. The Morgan fingerprint density at radius 1 is 1.13 bits per heavy atom. The number of amides is 1. The van der Waals surface area contributed by atoms with Gasteiger partial charge in [0.1, 0.15) is 0 Å². The molecule has 2 aromatic carbocycles. The van der Waals surface area contributed by atoms with Gasteiger partial charge in [-0.25, -0.2) is 4.79 Å². The standard InChI is InChI=1S/C17H17BrN2O3/c1-11-8-14(6-7-15(11)18)20-16(21)10-19-13-5-3-4-12(9-13)17(22)23-2/h3-9,19H,10H2,1-2H3,(H,20,21). The van der Waals surface area contributed by atoms with E-state index in [1.807, 2.05) is 25.1 Å². The van der Waals surface area contributed by atoms with Gasteiger partial charge < -0.3 is 15.4 Å². The number of hydrogen-bond acceptors (Lipinski definition) is 4. The molecule has 0 aliphatic heterocycles. The van der Waals surface area contributed by atoms with Gasteiger partial charge in [0.25, 0.3) is 0 Å². The van der Waals surface area contributed by atoms with E-state index in [-0.39, 0.29) is 12.5 Å². The molecule has 0 spiro atoms. The van der Waals surface area contributed by atoms with Crippen LogP contribution >= 0.6 is 15.9 Å². The highest BCUT2D eigenvalue weighted by molar-refractivity contribution is 9.10. The van der Waals surface area contributed by atoms with E-state index in [1.165, 1.54) is 7.11 Å². The van der Waals surface area contributed by atoms with Gasteiger partial charge >= 0.3 is 5.97 Å². The van der Waals surface area contributed by atoms with E-state index in [9.17, 15) is 9.59 Å². The normalized spacial score (nSPS) is 10.0. The third-order valence-corrected chi connectivity index (χ3v) is 4.07. The number of rotatable bonds is 5. The summed E-state index contributed by atoms with van der Waals surface area (Å²) in [4.78, 5) is 23.5. The third-order valence-electron chi connectivity index (χ3n) is 3.18. The van der Waals surface area contributed by atoms with Crippen LogP contribution in [0.15, 0.2) is 46.9 Å². The van der Waals surface area contributed by atoms with Crippen molar-refractivity contribution in [1.29, 1.82) is 0 Å². The Hall–Kier alpha value is -2.34. The summed E-state index contributed by atoms with van der Waals surface area (Å²) in [5.41, 5.74) is 2.89. The van der Waals surface area contributed by atoms with Gasteiger partial charge in [-0.15, -0.1) is 0 Å². The number of methoxy groups -OCH3 is 1. The average Bonchev–Trinajstić information content (AvgIpc) is 2.56. The van der Waals surface area contributed by atoms with E-state index in [1.54, 1.807) is 24.3 Å². The van der Waals surface area contributed by atoms with Crippen LogP contribution in [0.4, 0.5) is 11.4 Å². The predicted octanol–water partition coefficient (Wildman–Crippen LogP) is 3.59. The molecule has 0 unspecified atom stereocenters. The molecule has 0 aliphatic rings. The lowest BCUT2D eigenvalue weighted by atomic mass is 10.2.